The average molecular weight is 427 g/mol. The number of fused-ring (bicyclic) bond motifs is 2. The lowest BCUT2D eigenvalue weighted by Crippen LogP contribution is -2.45. The van der Waals surface area contributed by atoms with Gasteiger partial charge < -0.3 is 4.74 Å². The Labute approximate surface area is 177 Å². The second-order valence-corrected chi connectivity index (χ2v) is 8.58. The number of halogens is 1. The van der Waals surface area contributed by atoms with Gasteiger partial charge >= 0.3 is 0 Å². The van der Waals surface area contributed by atoms with Gasteiger partial charge in [-0.05, 0) is 36.8 Å². The quantitative estimate of drug-likeness (QED) is 0.634. The molecule has 0 radical (unpaired) electrons. The minimum atomic E-state index is -0.143. The van der Waals surface area contributed by atoms with Gasteiger partial charge in [0.2, 0.25) is 5.13 Å². The highest BCUT2D eigenvalue weighted by Crippen LogP contribution is 2.37. The van der Waals surface area contributed by atoms with Gasteiger partial charge in [0.1, 0.15) is 5.71 Å². The SMILES string of the molecule is Cc1ccc2nc(/N=C3\C(=O)N(CN4CCOCC4)c4cccc(Cl)c43)sc2c1. The molecule has 0 atom stereocenters. The molecule has 2 aliphatic heterocycles. The van der Waals surface area contributed by atoms with Crippen LogP contribution < -0.4 is 4.90 Å². The zero-order chi connectivity index (χ0) is 20.0. The first-order valence-corrected chi connectivity index (χ1v) is 10.7. The third-order valence-corrected chi connectivity index (χ3v) is 6.38. The zero-order valence-corrected chi connectivity index (χ0v) is 17.5. The maximum atomic E-state index is 13.3. The predicted octanol–water partition coefficient (Wildman–Crippen LogP) is 4.02. The van der Waals surface area contributed by atoms with E-state index in [4.69, 9.17) is 16.3 Å². The maximum absolute atomic E-state index is 13.3. The normalized spacial score (nSPS) is 18.8. The van der Waals surface area contributed by atoms with Gasteiger partial charge in [0.05, 0.1) is 40.8 Å². The fourth-order valence-corrected chi connectivity index (χ4v) is 4.87. The van der Waals surface area contributed by atoms with Gasteiger partial charge in [0, 0.05) is 18.7 Å². The number of thiazole rings is 1. The van der Waals surface area contributed by atoms with Crippen molar-refractivity contribution in [2.24, 2.45) is 4.99 Å². The molecular formula is C21H19ClN4O2S. The van der Waals surface area contributed by atoms with Crippen molar-refractivity contribution in [2.75, 3.05) is 37.9 Å². The number of hydrogen-bond donors (Lipinski definition) is 0. The van der Waals surface area contributed by atoms with E-state index < -0.39 is 0 Å². The smallest absolute Gasteiger partial charge is 0.278 e. The van der Waals surface area contributed by atoms with E-state index in [1.165, 1.54) is 16.9 Å². The molecule has 3 heterocycles. The van der Waals surface area contributed by atoms with E-state index >= 15 is 0 Å². The molecule has 0 spiro atoms. The van der Waals surface area contributed by atoms with E-state index in [0.29, 0.717) is 41.3 Å². The van der Waals surface area contributed by atoms with Gasteiger partial charge in [0.25, 0.3) is 5.91 Å². The van der Waals surface area contributed by atoms with Crippen LogP contribution in [0.15, 0.2) is 41.4 Å². The van der Waals surface area contributed by atoms with Crippen LogP contribution >= 0.6 is 22.9 Å². The summed E-state index contributed by atoms with van der Waals surface area (Å²) in [7, 11) is 0. The Morgan fingerprint density at radius 2 is 2.07 bits per heavy atom. The minimum absolute atomic E-state index is 0.143. The summed E-state index contributed by atoms with van der Waals surface area (Å²) in [6, 6.07) is 11.7. The average Bonchev–Trinajstić information content (AvgIpc) is 3.23. The summed E-state index contributed by atoms with van der Waals surface area (Å²) >= 11 is 7.97. The maximum Gasteiger partial charge on any atom is 0.278 e. The second kappa shape index (κ2) is 7.50. The molecule has 0 saturated carbocycles. The molecule has 0 aliphatic carbocycles. The number of rotatable bonds is 3. The van der Waals surface area contributed by atoms with Crippen LogP contribution in [0.4, 0.5) is 10.8 Å². The van der Waals surface area contributed by atoms with Crippen molar-refractivity contribution in [3.05, 3.63) is 52.5 Å². The van der Waals surface area contributed by atoms with Crippen molar-refractivity contribution in [3.63, 3.8) is 0 Å². The van der Waals surface area contributed by atoms with Crippen molar-refractivity contribution in [3.8, 4) is 0 Å². The molecule has 0 bridgehead atoms. The monoisotopic (exact) mass is 426 g/mol. The summed E-state index contributed by atoms with van der Waals surface area (Å²) in [6.45, 7) is 5.48. The predicted molar refractivity (Wildman–Crippen MR) is 117 cm³/mol. The number of amides is 1. The summed E-state index contributed by atoms with van der Waals surface area (Å²) < 4.78 is 6.48. The molecule has 2 aliphatic rings. The Bertz CT molecular complexity index is 1140. The van der Waals surface area contributed by atoms with E-state index in [9.17, 15) is 4.79 Å². The number of aromatic nitrogens is 1. The topological polar surface area (TPSA) is 58.0 Å². The van der Waals surface area contributed by atoms with Gasteiger partial charge in [-0.25, -0.2) is 9.98 Å². The number of morpholine rings is 1. The number of ether oxygens (including phenoxy) is 1. The molecule has 8 heteroatoms. The van der Waals surface area contributed by atoms with Gasteiger partial charge in [-0.3, -0.25) is 14.6 Å². The Morgan fingerprint density at radius 3 is 2.90 bits per heavy atom. The lowest BCUT2D eigenvalue weighted by atomic mass is 10.1. The first-order chi connectivity index (χ1) is 14.1. The van der Waals surface area contributed by atoms with E-state index in [-0.39, 0.29) is 5.91 Å². The number of nitrogens with zero attached hydrogens (tertiary/aromatic N) is 4. The van der Waals surface area contributed by atoms with Gasteiger partial charge in [-0.1, -0.05) is 35.1 Å². The Hall–Kier alpha value is -2.32. The van der Waals surface area contributed by atoms with Crippen molar-refractivity contribution in [1.29, 1.82) is 0 Å². The van der Waals surface area contributed by atoms with Crippen LogP contribution in [-0.2, 0) is 9.53 Å². The fraction of sp³-hybridized carbons (Fsp3) is 0.286. The third-order valence-electron chi connectivity index (χ3n) is 5.15. The highest BCUT2D eigenvalue weighted by atomic mass is 35.5. The summed E-state index contributed by atoms with van der Waals surface area (Å²) in [6.07, 6.45) is 0. The molecule has 1 amide bonds. The van der Waals surface area contributed by atoms with E-state index in [2.05, 4.69) is 20.9 Å². The van der Waals surface area contributed by atoms with E-state index in [1.54, 1.807) is 11.0 Å². The molecule has 148 valence electrons. The molecule has 6 nitrogen and oxygen atoms in total. The summed E-state index contributed by atoms with van der Waals surface area (Å²) in [5, 5.41) is 1.09. The number of hydrogen-bond acceptors (Lipinski definition) is 6. The molecule has 1 aromatic heterocycles. The van der Waals surface area contributed by atoms with Gasteiger partial charge in [0.15, 0.2) is 0 Å². The van der Waals surface area contributed by atoms with Crippen molar-refractivity contribution < 1.29 is 9.53 Å². The minimum Gasteiger partial charge on any atom is -0.379 e. The Kier molecular flexibility index (Phi) is 4.83. The standard InChI is InChI=1S/C21H19ClN4O2S/c1-13-5-6-15-17(11-13)29-21(23-15)24-19-18-14(22)3-2-4-16(18)26(20(19)27)12-25-7-9-28-10-8-25/h2-6,11H,7-10,12H2,1H3/b24-19-. The van der Waals surface area contributed by atoms with Crippen LogP contribution in [0.1, 0.15) is 11.1 Å². The Morgan fingerprint density at radius 1 is 1.24 bits per heavy atom. The van der Waals surface area contributed by atoms with E-state index in [0.717, 1.165) is 29.0 Å². The zero-order valence-electron chi connectivity index (χ0n) is 15.9. The highest BCUT2D eigenvalue weighted by Gasteiger charge is 2.37. The number of carbonyl (C=O) groups is 1. The molecule has 1 fully saturated rings. The number of benzene rings is 2. The van der Waals surface area contributed by atoms with Crippen molar-refractivity contribution in [2.45, 2.75) is 6.92 Å². The molecule has 29 heavy (non-hydrogen) atoms. The van der Waals surface area contributed by atoms with Crippen molar-refractivity contribution >= 4 is 55.6 Å². The van der Waals surface area contributed by atoms with Crippen LogP contribution in [-0.4, -0.2) is 54.5 Å². The van der Waals surface area contributed by atoms with Crippen LogP contribution in [0.5, 0.6) is 0 Å². The Balaban J connectivity index is 1.55. The number of aliphatic imine (C=N–C) groups is 1. The fourth-order valence-electron chi connectivity index (χ4n) is 3.67. The van der Waals surface area contributed by atoms with Gasteiger partial charge in [-0.2, -0.15) is 0 Å². The first-order valence-electron chi connectivity index (χ1n) is 9.47. The van der Waals surface area contributed by atoms with Crippen LogP contribution in [0.25, 0.3) is 10.2 Å². The first kappa shape index (κ1) is 18.7. The highest BCUT2D eigenvalue weighted by molar-refractivity contribution is 7.22. The molecule has 0 N–H and O–H groups in total. The van der Waals surface area contributed by atoms with Crippen LogP contribution in [0.3, 0.4) is 0 Å². The lowest BCUT2D eigenvalue weighted by Gasteiger charge is -2.30. The lowest BCUT2D eigenvalue weighted by molar-refractivity contribution is -0.112. The molecule has 3 aromatic rings. The van der Waals surface area contributed by atoms with Gasteiger partial charge in [-0.15, -0.1) is 0 Å². The largest absolute Gasteiger partial charge is 0.379 e. The molecule has 2 aromatic carbocycles. The molecular weight excluding hydrogens is 408 g/mol. The van der Waals surface area contributed by atoms with Crippen LogP contribution in [0, 0.1) is 6.92 Å². The summed E-state index contributed by atoms with van der Waals surface area (Å²) in [5.74, 6) is -0.143. The number of anilines is 1. The van der Waals surface area contributed by atoms with Crippen LogP contribution in [0.2, 0.25) is 5.02 Å². The molecule has 5 rings (SSSR count). The van der Waals surface area contributed by atoms with Crippen molar-refractivity contribution in [1.82, 2.24) is 9.88 Å². The summed E-state index contributed by atoms with van der Waals surface area (Å²) in [5.41, 5.74) is 3.89. The molecule has 1 saturated heterocycles. The van der Waals surface area contributed by atoms with E-state index in [1.807, 2.05) is 31.2 Å². The number of carbonyl (C=O) groups excluding carboxylic acids is 1. The summed E-state index contributed by atoms with van der Waals surface area (Å²) in [4.78, 5) is 26.5. The molecule has 0 unspecified atom stereocenters. The third kappa shape index (κ3) is 3.44. The number of aryl methyl sites for hydroxylation is 1. The second-order valence-electron chi connectivity index (χ2n) is 7.17.